The van der Waals surface area contributed by atoms with Gasteiger partial charge in [0.2, 0.25) is 0 Å². The van der Waals surface area contributed by atoms with Crippen molar-refractivity contribution in [3.05, 3.63) is 40.9 Å². The summed E-state index contributed by atoms with van der Waals surface area (Å²) in [7, 11) is 0. The zero-order chi connectivity index (χ0) is 17.8. The van der Waals surface area contributed by atoms with Crippen molar-refractivity contribution >= 4 is 18.5 Å². The molecule has 1 rings (SSSR count). The van der Waals surface area contributed by atoms with Crippen LogP contribution in [0.2, 0.25) is 0 Å². The number of hydrogen-bond donors (Lipinski definition) is 0. The molecule has 0 amide bonds. The molecule has 0 saturated carbocycles. The van der Waals surface area contributed by atoms with Gasteiger partial charge in [0, 0.05) is 30.7 Å². The Morgan fingerprint density at radius 1 is 1.21 bits per heavy atom. The molecule has 1 unspecified atom stereocenters. The van der Waals surface area contributed by atoms with Gasteiger partial charge in [-0.15, -0.1) is 11.8 Å². The lowest BCUT2D eigenvalue weighted by molar-refractivity contribution is -0.106. The summed E-state index contributed by atoms with van der Waals surface area (Å²) in [5.41, 5.74) is 1.14. The number of thioether (sulfide) groups is 1. The zero-order valence-electron chi connectivity index (χ0n) is 15.2. The van der Waals surface area contributed by atoms with Crippen LogP contribution in [0.15, 0.2) is 40.4 Å². The van der Waals surface area contributed by atoms with Crippen LogP contribution < -0.4 is 4.74 Å². The van der Waals surface area contributed by atoms with Gasteiger partial charge < -0.3 is 14.2 Å². The number of rotatable bonds is 12. The normalized spacial score (nSPS) is 13.1. The Labute approximate surface area is 150 Å². The van der Waals surface area contributed by atoms with Gasteiger partial charge in [0.1, 0.15) is 5.75 Å². The molecule has 0 aromatic heterocycles. The highest BCUT2D eigenvalue weighted by Gasteiger charge is 2.16. The average Bonchev–Trinajstić information content (AvgIpc) is 2.59. The molecule has 0 bridgehead atoms. The summed E-state index contributed by atoms with van der Waals surface area (Å²) in [4.78, 5) is 4.80. The van der Waals surface area contributed by atoms with E-state index in [2.05, 4.69) is 31.6 Å². The number of hydrogen-bond acceptors (Lipinski definition) is 5. The first-order valence-corrected chi connectivity index (χ1v) is 9.41. The maximum atomic E-state index is 6.01. The van der Waals surface area contributed by atoms with Crippen LogP contribution >= 0.6 is 11.8 Å². The van der Waals surface area contributed by atoms with Crippen LogP contribution in [0, 0.1) is 0 Å². The second-order valence-corrected chi connectivity index (χ2v) is 6.24. The van der Waals surface area contributed by atoms with E-state index in [0.717, 1.165) is 28.4 Å². The van der Waals surface area contributed by atoms with Gasteiger partial charge in [0.05, 0.1) is 11.0 Å². The lowest BCUT2D eigenvalue weighted by Gasteiger charge is -2.20. The van der Waals surface area contributed by atoms with Crippen LogP contribution in [0.4, 0.5) is 0 Å². The molecule has 134 valence electrons. The van der Waals surface area contributed by atoms with Crippen molar-refractivity contribution in [3.8, 4) is 5.75 Å². The van der Waals surface area contributed by atoms with Gasteiger partial charge in [-0.05, 0) is 40.0 Å². The average molecular weight is 352 g/mol. The first-order valence-electron chi connectivity index (χ1n) is 8.42. The molecular formula is C19H29NO3S. The van der Waals surface area contributed by atoms with Crippen molar-refractivity contribution in [1.29, 1.82) is 0 Å². The summed E-state index contributed by atoms with van der Waals surface area (Å²) in [5.74, 6) is 1.68. The summed E-state index contributed by atoms with van der Waals surface area (Å²) in [6, 6.07) is 8.12. The Morgan fingerprint density at radius 3 is 2.46 bits per heavy atom. The van der Waals surface area contributed by atoms with Gasteiger partial charge >= 0.3 is 0 Å². The molecule has 1 aromatic rings. The van der Waals surface area contributed by atoms with E-state index in [1.165, 1.54) is 0 Å². The van der Waals surface area contributed by atoms with E-state index in [0.29, 0.717) is 13.2 Å². The highest BCUT2D eigenvalue weighted by atomic mass is 32.2. The third-order valence-corrected chi connectivity index (χ3v) is 4.44. The highest BCUT2D eigenvalue weighted by molar-refractivity contribution is 8.02. The van der Waals surface area contributed by atoms with Crippen molar-refractivity contribution in [3.63, 3.8) is 0 Å². The van der Waals surface area contributed by atoms with E-state index in [1.807, 2.05) is 32.0 Å². The lowest BCUT2D eigenvalue weighted by atomic mass is 10.2. The summed E-state index contributed by atoms with van der Waals surface area (Å²) in [5, 5.41) is 0. The Hall–Kier alpha value is -1.30. The third-order valence-electron chi connectivity index (χ3n) is 3.36. The molecule has 1 atom stereocenters. The molecule has 5 heteroatoms. The van der Waals surface area contributed by atoms with Crippen molar-refractivity contribution in [2.24, 2.45) is 4.99 Å². The maximum Gasteiger partial charge on any atom is 0.191 e. The summed E-state index contributed by atoms with van der Waals surface area (Å²) < 4.78 is 17.3. The molecule has 0 spiro atoms. The smallest absolute Gasteiger partial charge is 0.191 e. The molecule has 0 aliphatic heterocycles. The number of para-hydroxylation sites is 1. The molecule has 0 N–H and O–H groups in total. The molecule has 0 heterocycles. The molecule has 0 radical (unpaired) electrons. The molecule has 0 aliphatic carbocycles. The van der Waals surface area contributed by atoms with Crippen LogP contribution in [-0.2, 0) is 15.2 Å². The number of benzene rings is 1. The Morgan fingerprint density at radius 2 is 1.88 bits per heavy atom. The fraction of sp³-hybridized carbons (Fsp3) is 0.526. The minimum atomic E-state index is -0.404. The van der Waals surface area contributed by atoms with Crippen molar-refractivity contribution in [1.82, 2.24) is 0 Å². The van der Waals surface area contributed by atoms with E-state index in [4.69, 9.17) is 14.2 Å². The van der Waals surface area contributed by atoms with Crippen LogP contribution in [-0.4, -0.2) is 32.3 Å². The van der Waals surface area contributed by atoms with E-state index in [9.17, 15) is 0 Å². The van der Waals surface area contributed by atoms with E-state index < -0.39 is 6.29 Å². The van der Waals surface area contributed by atoms with E-state index >= 15 is 0 Å². The summed E-state index contributed by atoms with van der Waals surface area (Å²) in [6.07, 6.45) is 2.47. The third kappa shape index (κ3) is 7.07. The predicted molar refractivity (Wildman–Crippen MR) is 103 cm³/mol. The van der Waals surface area contributed by atoms with E-state index in [1.54, 1.807) is 18.0 Å². The molecule has 1 aromatic carbocycles. The van der Waals surface area contributed by atoms with Gasteiger partial charge in [0.15, 0.2) is 6.29 Å². The monoisotopic (exact) mass is 351 g/mol. The standard InChI is InChI=1S/C19H29NO3S/c1-6-15(4)23-17-12-10-9-11-16(17)14-24-18(13-20-5)19(21-7-2)22-8-3/h9-13,15,19H,5-8,14H2,1-4H3/b18-13-. The van der Waals surface area contributed by atoms with Gasteiger partial charge in [-0.3, -0.25) is 4.99 Å². The van der Waals surface area contributed by atoms with E-state index in [-0.39, 0.29) is 6.10 Å². The number of ether oxygens (including phenoxy) is 3. The van der Waals surface area contributed by atoms with Crippen molar-refractivity contribution < 1.29 is 14.2 Å². The van der Waals surface area contributed by atoms with Gasteiger partial charge in [0.25, 0.3) is 0 Å². The van der Waals surface area contributed by atoms with Crippen LogP contribution in [0.25, 0.3) is 0 Å². The molecule has 0 saturated heterocycles. The first-order chi connectivity index (χ1) is 11.7. The van der Waals surface area contributed by atoms with Crippen LogP contribution in [0.1, 0.15) is 39.7 Å². The largest absolute Gasteiger partial charge is 0.490 e. The molecule has 0 aliphatic rings. The lowest BCUT2D eigenvalue weighted by Crippen LogP contribution is -2.18. The SMILES string of the molecule is C=N/C=C(\SCc1ccccc1OC(C)CC)C(OCC)OCC. The first kappa shape index (κ1) is 20.7. The second-order valence-electron chi connectivity index (χ2n) is 5.19. The zero-order valence-corrected chi connectivity index (χ0v) is 16.0. The fourth-order valence-electron chi connectivity index (χ4n) is 1.97. The number of nitrogens with zero attached hydrogens (tertiary/aromatic N) is 1. The maximum absolute atomic E-state index is 6.01. The Kier molecular flexibility index (Phi) is 10.5. The minimum absolute atomic E-state index is 0.195. The Balaban J connectivity index is 2.83. The highest BCUT2D eigenvalue weighted by Crippen LogP contribution is 2.31. The topological polar surface area (TPSA) is 40.0 Å². The van der Waals surface area contributed by atoms with Gasteiger partial charge in [-0.25, -0.2) is 0 Å². The fourth-order valence-corrected chi connectivity index (χ4v) is 2.95. The number of aliphatic imine (C=N–C) groups is 1. The molecular weight excluding hydrogens is 322 g/mol. The van der Waals surface area contributed by atoms with Crippen LogP contribution in [0.3, 0.4) is 0 Å². The minimum Gasteiger partial charge on any atom is -0.490 e. The van der Waals surface area contributed by atoms with Crippen molar-refractivity contribution in [2.75, 3.05) is 13.2 Å². The second kappa shape index (κ2) is 12.1. The van der Waals surface area contributed by atoms with Gasteiger partial charge in [-0.2, -0.15) is 0 Å². The quantitative estimate of drug-likeness (QED) is 0.391. The van der Waals surface area contributed by atoms with Crippen molar-refractivity contribution in [2.45, 2.75) is 52.3 Å². The molecule has 24 heavy (non-hydrogen) atoms. The Bertz CT molecular complexity index is 513. The predicted octanol–water partition coefficient (Wildman–Crippen LogP) is 5.04. The summed E-state index contributed by atoms with van der Waals surface area (Å²) in [6.45, 7) is 12.8. The van der Waals surface area contributed by atoms with Gasteiger partial charge in [-0.1, -0.05) is 25.1 Å². The summed E-state index contributed by atoms with van der Waals surface area (Å²) >= 11 is 1.63. The molecule has 0 fully saturated rings. The molecule has 4 nitrogen and oxygen atoms in total. The van der Waals surface area contributed by atoms with Crippen LogP contribution in [0.5, 0.6) is 5.75 Å².